The smallest absolute Gasteiger partial charge is 0.234 e. The standard InChI is InChI=1S/C22H27Br2N3O2/c1-3-4-10-27(15-21(29)25-13-17-8-6-5-7-9-17)14-18-11-19(23)12-20(24)22(18)26-16(2)28/h5-9,11-12H,3-4,10,13-15H2,1-2H3,(H,25,29)(H,26,28). The van der Waals surface area contributed by atoms with E-state index in [1.165, 1.54) is 6.92 Å². The molecule has 7 heteroatoms. The van der Waals surface area contributed by atoms with E-state index in [4.69, 9.17) is 0 Å². The zero-order chi connectivity index (χ0) is 21.2. The minimum Gasteiger partial charge on any atom is -0.351 e. The normalized spacial score (nSPS) is 10.8. The number of hydrogen-bond acceptors (Lipinski definition) is 3. The summed E-state index contributed by atoms with van der Waals surface area (Å²) in [6, 6.07) is 13.8. The molecule has 0 aliphatic heterocycles. The maximum Gasteiger partial charge on any atom is 0.234 e. The Kier molecular flexibility index (Phi) is 9.84. The first-order chi connectivity index (χ1) is 13.9. The number of nitrogens with zero attached hydrogens (tertiary/aromatic N) is 1. The molecule has 0 radical (unpaired) electrons. The number of amides is 2. The van der Waals surface area contributed by atoms with Crippen LogP contribution in [0.1, 0.15) is 37.8 Å². The fraction of sp³-hybridized carbons (Fsp3) is 0.364. The summed E-state index contributed by atoms with van der Waals surface area (Å²) < 4.78 is 1.72. The predicted octanol–water partition coefficient (Wildman–Crippen LogP) is 5.09. The SMILES string of the molecule is CCCCN(CC(=O)NCc1ccccc1)Cc1cc(Br)cc(Br)c1NC(C)=O. The molecule has 2 aromatic rings. The number of hydrogen-bond donors (Lipinski definition) is 2. The average Bonchev–Trinajstić information content (AvgIpc) is 2.67. The van der Waals surface area contributed by atoms with Crippen molar-refractivity contribution in [2.75, 3.05) is 18.4 Å². The van der Waals surface area contributed by atoms with Gasteiger partial charge in [0.15, 0.2) is 0 Å². The minimum absolute atomic E-state index is 0.0138. The summed E-state index contributed by atoms with van der Waals surface area (Å²) in [4.78, 5) is 26.3. The number of carbonyl (C=O) groups is 2. The molecule has 2 rings (SSSR count). The number of carbonyl (C=O) groups excluding carboxylic acids is 2. The summed E-state index contributed by atoms with van der Waals surface area (Å²) >= 11 is 7.05. The van der Waals surface area contributed by atoms with Crippen LogP contribution in [0.15, 0.2) is 51.4 Å². The maximum absolute atomic E-state index is 12.5. The summed E-state index contributed by atoms with van der Waals surface area (Å²) in [6.45, 7) is 5.80. The van der Waals surface area contributed by atoms with Crippen molar-refractivity contribution in [3.8, 4) is 0 Å². The highest BCUT2D eigenvalue weighted by Crippen LogP contribution is 2.31. The van der Waals surface area contributed by atoms with Crippen molar-refractivity contribution in [3.05, 3.63) is 62.5 Å². The molecule has 0 aromatic heterocycles. The van der Waals surface area contributed by atoms with E-state index in [-0.39, 0.29) is 11.8 Å². The van der Waals surface area contributed by atoms with Crippen LogP contribution >= 0.6 is 31.9 Å². The van der Waals surface area contributed by atoms with E-state index in [9.17, 15) is 9.59 Å². The van der Waals surface area contributed by atoms with E-state index in [0.29, 0.717) is 19.6 Å². The first-order valence-corrected chi connectivity index (χ1v) is 11.3. The molecule has 0 aliphatic carbocycles. The van der Waals surface area contributed by atoms with Gasteiger partial charge in [0, 0.05) is 29.0 Å². The lowest BCUT2D eigenvalue weighted by Crippen LogP contribution is -2.37. The fourth-order valence-corrected chi connectivity index (χ4v) is 4.37. The number of rotatable bonds is 10. The Morgan fingerprint density at radius 1 is 1.10 bits per heavy atom. The number of halogens is 2. The van der Waals surface area contributed by atoms with Crippen LogP contribution in [0.25, 0.3) is 0 Å². The summed E-state index contributed by atoms with van der Waals surface area (Å²) in [5.74, 6) is -0.143. The second kappa shape index (κ2) is 12.1. The van der Waals surface area contributed by atoms with Crippen molar-refractivity contribution in [2.45, 2.75) is 39.8 Å². The van der Waals surface area contributed by atoms with Crippen molar-refractivity contribution in [1.29, 1.82) is 0 Å². The first kappa shape index (κ1) is 23.6. The monoisotopic (exact) mass is 523 g/mol. The zero-order valence-corrected chi connectivity index (χ0v) is 20.0. The van der Waals surface area contributed by atoms with Gasteiger partial charge < -0.3 is 10.6 Å². The second-order valence-electron chi connectivity index (χ2n) is 6.93. The van der Waals surface area contributed by atoms with Crippen LogP contribution < -0.4 is 10.6 Å². The Balaban J connectivity index is 2.09. The molecular weight excluding hydrogens is 498 g/mol. The molecule has 156 valence electrons. The largest absolute Gasteiger partial charge is 0.351 e. The third-order valence-corrected chi connectivity index (χ3v) is 5.44. The minimum atomic E-state index is -0.130. The lowest BCUT2D eigenvalue weighted by molar-refractivity contribution is -0.122. The highest BCUT2D eigenvalue weighted by atomic mass is 79.9. The summed E-state index contributed by atoms with van der Waals surface area (Å²) in [7, 11) is 0. The predicted molar refractivity (Wildman–Crippen MR) is 125 cm³/mol. The van der Waals surface area contributed by atoms with Crippen molar-refractivity contribution in [3.63, 3.8) is 0 Å². The molecule has 0 unspecified atom stereocenters. The van der Waals surface area contributed by atoms with Crippen LogP contribution in [-0.4, -0.2) is 29.8 Å². The average molecular weight is 525 g/mol. The van der Waals surface area contributed by atoms with E-state index in [0.717, 1.165) is 45.1 Å². The molecule has 0 fully saturated rings. The van der Waals surface area contributed by atoms with E-state index in [2.05, 4.69) is 54.3 Å². The van der Waals surface area contributed by atoms with Gasteiger partial charge in [-0.1, -0.05) is 59.6 Å². The molecule has 0 saturated carbocycles. The molecule has 0 atom stereocenters. The van der Waals surface area contributed by atoms with Gasteiger partial charge in [0.05, 0.1) is 12.2 Å². The van der Waals surface area contributed by atoms with Crippen molar-refractivity contribution in [2.24, 2.45) is 0 Å². The summed E-state index contributed by atoms with van der Waals surface area (Å²) in [5.41, 5.74) is 2.77. The van der Waals surface area contributed by atoms with Gasteiger partial charge in [-0.2, -0.15) is 0 Å². The van der Waals surface area contributed by atoms with E-state index < -0.39 is 0 Å². The summed E-state index contributed by atoms with van der Waals surface area (Å²) in [5, 5.41) is 5.89. The molecule has 2 aromatic carbocycles. The Hall–Kier alpha value is -1.70. The van der Waals surface area contributed by atoms with Crippen molar-refractivity contribution in [1.82, 2.24) is 10.2 Å². The molecule has 0 saturated heterocycles. The van der Waals surface area contributed by atoms with Gasteiger partial charge in [-0.15, -0.1) is 0 Å². The lowest BCUT2D eigenvalue weighted by Gasteiger charge is -2.24. The van der Waals surface area contributed by atoms with Crippen LogP contribution in [0.5, 0.6) is 0 Å². The quantitative estimate of drug-likeness (QED) is 0.455. The molecule has 0 heterocycles. The van der Waals surface area contributed by atoms with Crippen LogP contribution in [0.4, 0.5) is 5.69 Å². The van der Waals surface area contributed by atoms with Gasteiger partial charge in [-0.25, -0.2) is 0 Å². The van der Waals surface area contributed by atoms with Crippen LogP contribution in [0.2, 0.25) is 0 Å². The molecule has 5 nitrogen and oxygen atoms in total. The second-order valence-corrected chi connectivity index (χ2v) is 8.70. The number of benzene rings is 2. The van der Waals surface area contributed by atoms with Crippen molar-refractivity contribution < 1.29 is 9.59 Å². The number of anilines is 1. The van der Waals surface area contributed by atoms with Crippen LogP contribution in [0.3, 0.4) is 0 Å². The molecule has 2 N–H and O–H groups in total. The van der Waals surface area contributed by atoms with Crippen LogP contribution in [-0.2, 0) is 22.7 Å². The first-order valence-electron chi connectivity index (χ1n) is 9.67. The van der Waals surface area contributed by atoms with Crippen LogP contribution in [0, 0.1) is 0 Å². The summed E-state index contributed by atoms with van der Waals surface area (Å²) in [6.07, 6.45) is 2.04. The Bertz CT molecular complexity index is 828. The van der Waals surface area contributed by atoms with Gasteiger partial charge in [-0.05, 0) is 52.2 Å². The van der Waals surface area contributed by atoms with Gasteiger partial charge in [-0.3, -0.25) is 14.5 Å². The van der Waals surface area contributed by atoms with Crippen molar-refractivity contribution >= 4 is 49.4 Å². The maximum atomic E-state index is 12.5. The Morgan fingerprint density at radius 2 is 1.83 bits per heavy atom. The molecule has 0 bridgehead atoms. The highest BCUT2D eigenvalue weighted by Gasteiger charge is 2.16. The van der Waals surface area contributed by atoms with Gasteiger partial charge >= 0.3 is 0 Å². The molecule has 0 aliphatic rings. The number of nitrogens with one attached hydrogen (secondary N) is 2. The van der Waals surface area contributed by atoms with Gasteiger partial charge in [0.1, 0.15) is 0 Å². The molecule has 29 heavy (non-hydrogen) atoms. The molecular formula is C22H27Br2N3O2. The fourth-order valence-electron chi connectivity index (χ4n) is 2.96. The third-order valence-electron chi connectivity index (χ3n) is 4.36. The van der Waals surface area contributed by atoms with Gasteiger partial charge in [0.2, 0.25) is 11.8 Å². The van der Waals surface area contributed by atoms with E-state index >= 15 is 0 Å². The highest BCUT2D eigenvalue weighted by molar-refractivity contribution is 9.11. The third kappa shape index (κ3) is 8.28. The molecule has 0 spiro atoms. The lowest BCUT2D eigenvalue weighted by atomic mass is 10.1. The van der Waals surface area contributed by atoms with E-state index in [1.807, 2.05) is 42.5 Å². The van der Waals surface area contributed by atoms with Gasteiger partial charge in [0.25, 0.3) is 0 Å². The molecule has 2 amide bonds. The van der Waals surface area contributed by atoms with E-state index in [1.54, 1.807) is 0 Å². The zero-order valence-electron chi connectivity index (χ0n) is 16.8. The Labute approximate surface area is 189 Å². The Morgan fingerprint density at radius 3 is 2.48 bits per heavy atom. The topological polar surface area (TPSA) is 61.4 Å². The number of unbranched alkanes of at least 4 members (excludes halogenated alkanes) is 1.